The Labute approximate surface area is 150 Å². The minimum atomic E-state index is -0.205. The number of aryl methyl sites for hydroxylation is 1. The molecule has 0 saturated heterocycles. The number of hydrogen-bond acceptors (Lipinski definition) is 4. The number of aromatic amines is 2. The van der Waals surface area contributed by atoms with Gasteiger partial charge in [0.2, 0.25) is 0 Å². The van der Waals surface area contributed by atoms with E-state index < -0.39 is 0 Å². The maximum absolute atomic E-state index is 12.7. The van der Waals surface area contributed by atoms with Gasteiger partial charge in [0.25, 0.3) is 5.91 Å². The van der Waals surface area contributed by atoms with Crippen molar-refractivity contribution in [2.75, 3.05) is 20.3 Å². The van der Waals surface area contributed by atoms with Crippen molar-refractivity contribution < 1.29 is 9.53 Å². The summed E-state index contributed by atoms with van der Waals surface area (Å²) >= 11 is 0. The van der Waals surface area contributed by atoms with E-state index in [1.165, 1.54) is 0 Å². The van der Waals surface area contributed by atoms with Crippen molar-refractivity contribution in [1.82, 2.24) is 24.4 Å². The summed E-state index contributed by atoms with van der Waals surface area (Å²) < 4.78 is 6.94. The average molecular weight is 357 g/mol. The number of nitrogens with zero attached hydrogens (tertiary/aromatic N) is 3. The number of aromatic nitrogens is 4. The SMILES string of the molecule is CCOCCn1c(=O)[nH]c2cc(C(=O)N(C)Cc3ncc(C)[nH]3)ccc21. The summed E-state index contributed by atoms with van der Waals surface area (Å²) in [5.41, 5.74) is 2.66. The fraction of sp³-hybridized carbons (Fsp3) is 0.389. The first kappa shape index (κ1) is 17.9. The van der Waals surface area contributed by atoms with E-state index in [2.05, 4.69) is 15.0 Å². The van der Waals surface area contributed by atoms with Crippen LogP contribution < -0.4 is 5.69 Å². The third-order valence-electron chi connectivity index (χ3n) is 4.17. The van der Waals surface area contributed by atoms with Crippen LogP contribution in [0.4, 0.5) is 0 Å². The summed E-state index contributed by atoms with van der Waals surface area (Å²) in [5.74, 6) is 0.596. The van der Waals surface area contributed by atoms with Gasteiger partial charge in [0.05, 0.1) is 30.7 Å². The minimum absolute atomic E-state index is 0.135. The molecule has 26 heavy (non-hydrogen) atoms. The van der Waals surface area contributed by atoms with Crippen molar-refractivity contribution in [3.8, 4) is 0 Å². The van der Waals surface area contributed by atoms with Crippen molar-refractivity contribution in [3.05, 3.63) is 52.0 Å². The summed E-state index contributed by atoms with van der Waals surface area (Å²) in [5, 5.41) is 0. The van der Waals surface area contributed by atoms with Gasteiger partial charge in [0, 0.05) is 31.1 Å². The molecular weight excluding hydrogens is 334 g/mol. The predicted octanol–water partition coefficient (Wildman–Crippen LogP) is 1.67. The topological polar surface area (TPSA) is 96.0 Å². The van der Waals surface area contributed by atoms with E-state index in [1.54, 1.807) is 40.9 Å². The van der Waals surface area contributed by atoms with E-state index in [4.69, 9.17) is 4.74 Å². The smallest absolute Gasteiger partial charge is 0.326 e. The molecule has 0 saturated carbocycles. The fourth-order valence-corrected chi connectivity index (χ4v) is 2.88. The lowest BCUT2D eigenvalue weighted by molar-refractivity contribution is 0.0782. The average Bonchev–Trinajstić information content (AvgIpc) is 3.16. The number of carbonyl (C=O) groups is 1. The molecular formula is C18H23N5O3. The van der Waals surface area contributed by atoms with E-state index in [1.807, 2.05) is 13.8 Å². The second-order valence-electron chi connectivity index (χ2n) is 6.18. The first-order valence-corrected chi connectivity index (χ1v) is 8.56. The maximum Gasteiger partial charge on any atom is 0.326 e. The van der Waals surface area contributed by atoms with Gasteiger partial charge in [-0.1, -0.05) is 0 Å². The van der Waals surface area contributed by atoms with Gasteiger partial charge < -0.3 is 19.6 Å². The van der Waals surface area contributed by atoms with Crippen LogP contribution in [0.5, 0.6) is 0 Å². The van der Waals surface area contributed by atoms with Crippen LogP contribution in [0, 0.1) is 6.92 Å². The lowest BCUT2D eigenvalue weighted by Crippen LogP contribution is -2.26. The maximum atomic E-state index is 12.7. The van der Waals surface area contributed by atoms with Crippen LogP contribution in [-0.4, -0.2) is 50.6 Å². The van der Waals surface area contributed by atoms with Crippen LogP contribution in [-0.2, 0) is 17.8 Å². The van der Waals surface area contributed by atoms with Gasteiger partial charge in [0.15, 0.2) is 0 Å². The van der Waals surface area contributed by atoms with Crippen LogP contribution >= 0.6 is 0 Å². The fourth-order valence-electron chi connectivity index (χ4n) is 2.88. The molecule has 0 spiro atoms. The zero-order chi connectivity index (χ0) is 18.7. The molecule has 0 radical (unpaired) electrons. The molecule has 0 atom stereocenters. The van der Waals surface area contributed by atoms with E-state index in [0.717, 1.165) is 17.0 Å². The van der Waals surface area contributed by atoms with Crippen LogP contribution in [0.15, 0.2) is 29.2 Å². The third kappa shape index (κ3) is 3.70. The molecule has 0 aliphatic rings. The Kier molecular flexibility index (Phi) is 5.22. The van der Waals surface area contributed by atoms with Gasteiger partial charge >= 0.3 is 5.69 Å². The Morgan fingerprint density at radius 2 is 2.15 bits per heavy atom. The normalized spacial score (nSPS) is 11.2. The summed E-state index contributed by atoms with van der Waals surface area (Å²) in [7, 11) is 1.72. The first-order valence-electron chi connectivity index (χ1n) is 8.56. The molecule has 2 N–H and O–H groups in total. The monoisotopic (exact) mass is 357 g/mol. The molecule has 8 heteroatoms. The van der Waals surface area contributed by atoms with Gasteiger partial charge in [-0.25, -0.2) is 9.78 Å². The van der Waals surface area contributed by atoms with Crippen molar-refractivity contribution in [2.45, 2.75) is 26.9 Å². The summed E-state index contributed by atoms with van der Waals surface area (Å²) in [4.78, 5) is 36.5. The highest BCUT2D eigenvalue weighted by Gasteiger charge is 2.15. The molecule has 1 aromatic carbocycles. The zero-order valence-corrected chi connectivity index (χ0v) is 15.2. The van der Waals surface area contributed by atoms with E-state index in [9.17, 15) is 9.59 Å². The highest BCUT2D eigenvalue weighted by atomic mass is 16.5. The Balaban J connectivity index is 1.79. The number of benzene rings is 1. The standard InChI is InChI=1S/C18H23N5O3/c1-4-26-8-7-23-15-6-5-13(9-14(15)21-18(23)25)17(24)22(3)11-16-19-10-12(2)20-16/h5-6,9-10H,4,7-8,11H2,1-3H3,(H,19,20)(H,21,25). The van der Waals surface area contributed by atoms with Crippen molar-refractivity contribution >= 4 is 16.9 Å². The van der Waals surface area contributed by atoms with Gasteiger partial charge in [0.1, 0.15) is 5.82 Å². The van der Waals surface area contributed by atoms with Crippen molar-refractivity contribution in [3.63, 3.8) is 0 Å². The van der Waals surface area contributed by atoms with Crippen LogP contribution in [0.25, 0.3) is 11.0 Å². The summed E-state index contributed by atoms with van der Waals surface area (Å²) in [6.45, 7) is 5.76. The van der Waals surface area contributed by atoms with Gasteiger partial charge in [-0.3, -0.25) is 9.36 Å². The minimum Gasteiger partial charge on any atom is -0.380 e. The molecule has 0 bridgehead atoms. The molecule has 3 rings (SSSR count). The van der Waals surface area contributed by atoms with Gasteiger partial charge in [-0.05, 0) is 32.0 Å². The molecule has 0 fully saturated rings. The molecule has 0 aliphatic carbocycles. The predicted molar refractivity (Wildman–Crippen MR) is 98.2 cm³/mol. The molecule has 138 valence electrons. The number of hydrogen-bond donors (Lipinski definition) is 2. The Bertz CT molecular complexity index is 969. The Hall–Kier alpha value is -2.87. The third-order valence-corrected chi connectivity index (χ3v) is 4.17. The van der Waals surface area contributed by atoms with Crippen LogP contribution in [0.2, 0.25) is 0 Å². The van der Waals surface area contributed by atoms with Crippen molar-refractivity contribution in [1.29, 1.82) is 0 Å². The molecule has 2 heterocycles. The Morgan fingerprint density at radius 1 is 1.35 bits per heavy atom. The molecule has 3 aromatic rings. The molecule has 0 aliphatic heterocycles. The van der Waals surface area contributed by atoms with Crippen molar-refractivity contribution in [2.24, 2.45) is 0 Å². The largest absolute Gasteiger partial charge is 0.380 e. The lowest BCUT2D eigenvalue weighted by Gasteiger charge is -2.16. The number of amides is 1. The number of rotatable bonds is 7. The van der Waals surface area contributed by atoms with E-state index in [0.29, 0.717) is 37.4 Å². The van der Waals surface area contributed by atoms with Gasteiger partial charge in [-0.2, -0.15) is 0 Å². The highest BCUT2D eigenvalue weighted by molar-refractivity contribution is 5.97. The number of fused-ring (bicyclic) bond motifs is 1. The molecule has 8 nitrogen and oxygen atoms in total. The van der Waals surface area contributed by atoms with Gasteiger partial charge in [-0.15, -0.1) is 0 Å². The van der Waals surface area contributed by atoms with Crippen LogP contribution in [0.1, 0.15) is 28.8 Å². The number of H-pyrrole nitrogens is 2. The second-order valence-corrected chi connectivity index (χ2v) is 6.18. The van der Waals surface area contributed by atoms with Crippen LogP contribution in [0.3, 0.4) is 0 Å². The summed E-state index contributed by atoms with van der Waals surface area (Å²) in [6, 6.07) is 5.23. The summed E-state index contributed by atoms with van der Waals surface area (Å²) in [6.07, 6.45) is 1.73. The van der Waals surface area contributed by atoms with E-state index in [-0.39, 0.29) is 11.6 Å². The lowest BCUT2D eigenvalue weighted by atomic mass is 10.1. The zero-order valence-electron chi connectivity index (χ0n) is 15.2. The number of nitrogens with one attached hydrogen (secondary N) is 2. The number of ether oxygens (including phenoxy) is 1. The first-order chi connectivity index (χ1) is 12.5. The quantitative estimate of drug-likeness (QED) is 0.629. The Morgan fingerprint density at radius 3 is 2.85 bits per heavy atom. The molecule has 1 amide bonds. The number of carbonyl (C=O) groups excluding carboxylic acids is 1. The van der Waals surface area contributed by atoms with E-state index >= 15 is 0 Å². The number of imidazole rings is 2. The highest BCUT2D eigenvalue weighted by Crippen LogP contribution is 2.15. The molecule has 0 unspecified atom stereocenters. The second kappa shape index (κ2) is 7.57. The molecule has 2 aromatic heterocycles.